The molecule has 6 rings (SSSR count). The smallest absolute Gasteiger partial charge is 0.120 e. The van der Waals surface area contributed by atoms with E-state index in [1.54, 1.807) is 14.2 Å². The third kappa shape index (κ3) is 2.29. The van der Waals surface area contributed by atoms with Gasteiger partial charge in [-0.05, 0) is 37.3 Å². The third-order valence-corrected chi connectivity index (χ3v) is 10.2. The highest BCUT2D eigenvalue weighted by Crippen LogP contribution is 2.73. The van der Waals surface area contributed by atoms with E-state index < -0.39 is 12.2 Å². The van der Waals surface area contributed by atoms with E-state index in [0.29, 0.717) is 6.61 Å². The van der Waals surface area contributed by atoms with Crippen LogP contribution in [-0.2, 0) is 18.9 Å². The molecule has 2 unspecified atom stereocenters. The van der Waals surface area contributed by atoms with Gasteiger partial charge in [-0.1, -0.05) is 13.0 Å². The Balaban J connectivity index is 1.60. The number of hydrogen-bond donors (Lipinski definition) is 2. The third-order valence-electron chi connectivity index (χ3n) is 10.2. The average Bonchev–Trinajstić information content (AvgIpc) is 3.11. The molecule has 0 radical (unpaired) electrons. The first kappa shape index (κ1) is 21.0. The summed E-state index contributed by atoms with van der Waals surface area (Å²) in [6, 6.07) is 0. The molecular formula is C24H37NO6. The van der Waals surface area contributed by atoms with Gasteiger partial charge in [0.2, 0.25) is 0 Å². The molecule has 0 aromatic heterocycles. The zero-order valence-corrected chi connectivity index (χ0v) is 19.1. The maximum Gasteiger partial charge on any atom is 0.120 e. The van der Waals surface area contributed by atoms with Gasteiger partial charge in [-0.3, -0.25) is 4.90 Å². The first-order valence-electron chi connectivity index (χ1n) is 12.0. The first-order chi connectivity index (χ1) is 15.0. The molecule has 31 heavy (non-hydrogen) atoms. The topological polar surface area (TPSA) is 80.6 Å². The molecule has 0 spiro atoms. The minimum absolute atomic E-state index is 0.0121. The second kappa shape index (κ2) is 6.98. The molecule has 0 amide bonds. The lowest BCUT2D eigenvalue weighted by atomic mass is 9.46. The summed E-state index contributed by atoms with van der Waals surface area (Å²) in [5, 5.41) is 22.7. The number of hydrogen-bond acceptors (Lipinski definition) is 7. The summed E-state index contributed by atoms with van der Waals surface area (Å²) in [6.45, 7) is 4.80. The minimum Gasteiger partial charge on any atom is -0.392 e. The van der Waals surface area contributed by atoms with Gasteiger partial charge in [0.05, 0.1) is 31.0 Å². The molecule has 2 saturated heterocycles. The van der Waals surface area contributed by atoms with Crippen molar-refractivity contribution >= 4 is 0 Å². The maximum atomic E-state index is 11.4. The van der Waals surface area contributed by atoms with Crippen molar-refractivity contribution in [1.29, 1.82) is 0 Å². The van der Waals surface area contributed by atoms with Crippen LogP contribution < -0.4 is 0 Å². The number of methoxy groups -OCH3 is 3. The van der Waals surface area contributed by atoms with Crippen LogP contribution in [0.15, 0.2) is 11.6 Å². The van der Waals surface area contributed by atoms with Crippen molar-refractivity contribution in [1.82, 2.24) is 4.90 Å². The molecule has 6 aliphatic rings. The lowest BCUT2D eigenvalue weighted by Gasteiger charge is -2.64. The highest BCUT2D eigenvalue weighted by atomic mass is 16.5. The summed E-state index contributed by atoms with van der Waals surface area (Å²) in [6.07, 6.45) is 3.41. The van der Waals surface area contributed by atoms with Gasteiger partial charge in [0.15, 0.2) is 0 Å². The molecule has 0 aromatic carbocycles. The van der Waals surface area contributed by atoms with Crippen LogP contribution in [0.5, 0.6) is 0 Å². The second-order valence-electron chi connectivity index (χ2n) is 10.9. The molecule has 7 nitrogen and oxygen atoms in total. The Kier molecular flexibility index (Phi) is 4.74. The fraction of sp³-hybridized carbons (Fsp3) is 0.917. The highest BCUT2D eigenvalue weighted by molar-refractivity contribution is 5.36. The molecular weight excluding hydrogens is 398 g/mol. The van der Waals surface area contributed by atoms with Crippen LogP contribution in [0.3, 0.4) is 0 Å². The zero-order valence-electron chi connectivity index (χ0n) is 19.1. The normalized spacial score (nSPS) is 57.0. The molecule has 2 aliphatic heterocycles. The van der Waals surface area contributed by atoms with Crippen LogP contribution in [-0.4, -0.2) is 92.9 Å². The van der Waals surface area contributed by atoms with Gasteiger partial charge in [-0.2, -0.15) is 0 Å². The molecule has 3 saturated carbocycles. The number of nitrogens with zero attached hydrogens (tertiary/aromatic N) is 1. The maximum absolute atomic E-state index is 11.4. The summed E-state index contributed by atoms with van der Waals surface area (Å²) in [5.41, 5.74) is 0.689. The highest BCUT2D eigenvalue weighted by Gasteiger charge is 2.78. The van der Waals surface area contributed by atoms with Crippen LogP contribution >= 0.6 is 0 Å². The number of rotatable bonds is 5. The summed E-state index contributed by atoms with van der Waals surface area (Å²) in [4.78, 5) is 2.50. The summed E-state index contributed by atoms with van der Waals surface area (Å²) >= 11 is 0. The monoisotopic (exact) mass is 435 g/mol. The Morgan fingerprint density at radius 1 is 1.23 bits per heavy atom. The lowest BCUT2D eigenvalue weighted by Crippen LogP contribution is -2.71. The minimum atomic E-state index is -0.686. The summed E-state index contributed by atoms with van der Waals surface area (Å²) < 4.78 is 24.8. The Bertz CT molecular complexity index is 775. The van der Waals surface area contributed by atoms with Crippen LogP contribution in [0.4, 0.5) is 0 Å². The van der Waals surface area contributed by atoms with E-state index in [1.807, 2.05) is 7.11 Å². The van der Waals surface area contributed by atoms with Crippen molar-refractivity contribution in [3.05, 3.63) is 11.6 Å². The second-order valence-corrected chi connectivity index (χ2v) is 10.9. The molecule has 174 valence electrons. The lowest BCUT2D eigenvalue weighted by molar-refractivity contribution is -0.246. The van der Waals surface area contributed by atoms with Gasteiger partial charge < -0.3 is 29.2 Å². The van der Waals surface area contributed by atoms with Crippen molar-refractivity contribution in [3.63, 3.8) is 0 Å². The number of piperidine rings is 1. The van der Waals surface area contributed by atoms with Gasteiger partial charge in [-0.25, -0.2) is 0 Å². The largest absolute Gasteiger partial charge is 0.392 e. The SMILES string of the molecule is CCN1C[C@]2(COC)CC[C@H](OC)[C@@]34C1O[C@@H](C=C1[C@@H]5[C@H]3CC([C@@H](OC)[C@@H]1O)[C@@H]5O)[C@H]24. The molecule has 7 heteroatoms. The molecule has 4 aliphatic carbocycles. The Hall–Kier alpha value is -0.540. The molecule has 7 bridgehead atoms. The Morgan fingerprint density at radius 3 is 2.71 bits per heavy atom. The van der Waals surface area contributed by atoms with E-state index in [9.17, 15) is 10.2 Å². The van der Waals surface area contributed by atoms with Crippen LogP contribution in [0.25, 0.3) is 0 Å². The Labute approximate surface area is 184 Å². The van der Waals surface area contributed by atoms with Gasteiger partial charge in [0.25, 0.3) is 0 Å². The number of likely N-dealkylation sites (tertiary alicyclic amines) is 1. The number of ether oxygens (including phenoxy) is 4. The van der Waals surface area contributed by atoms with Gasteiger partial charge in [0, 0.05) is 56.5 Å². The van der Waals surface area contributed by atoms with Crippen LogP contribution in [0.1, 0.15) is 26.2 Å². The average molecular weight is 436 g/mol. The van der Waals surface area contributed by atoms with Crippen LogP contribution in [0, 0.1) is 34.5 Å². The van der Waals surface area contributed by atoms with E-state index in [-0.39, 0.29) is 59.0 Å². The quantitative estimate of drug-likeness (QED) is 0.625. The molecule has 12 atom stereocenters. The van der Waals surface area contributed by atoms with E-state index in [4.69, 9.17) is 18.9 Å². The fourth-order valence-corrected chi connectivity index (χ4v) is 9.48. The van der Waals surface area contributed by atoms with Crippen molar-refractivity contribution < 1.29 is 29.2 Å². The van der Waals surface area contributed by atoms with E-state index in [0.717, 1.165) is 37.9 Å². The summed E-state index contributed by atoms with van der Waals surface area (Å²) in [5.74, 6) is 0.324. The van der Waals surface area contributed by atoms with Gasteiger partial charge >= 0.3 is 0 Å². The zero-order chi connectivity index (χ0) is 21.7. The van der Waals surface area contributed by atoms with Gasteiger partial charge in [-0.15, -0.1) is 0 Å². The molecule has 2 heterocycles. The molecule has 2 N–H and O–H groups in total. The van der Waals surface area contributed by atoms with Crippen molar-refractivity contribution in [2.75, 3.05) is 41.0 Å². The first-order valence-corrected chi connectivity index (χ1v) is 12.0. The standard InChI is InChI=1S/C24H37NO6/c1-5-25-10-23(11-28-2)7-6-16(29-3)24-14-8-13-18(26)17(14)12(19(27)20(13)30-4)9-15(21(23)24)31-22(24)25/h9,13-22,26-27H,5-8,10-11H2,1-4H3/t13?,14-,15+,16+,17-,18+,19-,20-,21-,22?,23+,24+/m1/s1. The molecule has 5 fully saturated rings. The van der Waals surface area contributed by atoms with Crippen LogP contribution in [0.2, 0.25) is 0 Å². The predicted molar refractivity (Wildman–Crippen MR) is 112 cm³/mol. The van der Waals surface area contributed by atoms with E-state index in [2.05, 4.69) is 17.9 Å². The van der Waals surface area contributed by atoms with Crippen molar-refractivity contribution in [2.24, 2.45) is 34.5 Å². The molecule has 0 aromatic rings. The number of aliphatic hydroxyl groups is 2. The fourth-order valence-electron chi connectivity index (χ4n) is 9.48. The number of fused-ring (bicyclic) bond motifs is 1. The van der Waals surface area contributed by atoms with Gasteiger partial charge in [0.1, 0.15) is 12.3 Å². The predicted octanol–water partition coefficient (Wildman–Crippen LogP) is 1.03. The summed E-state index contributed by atoms with van der Waals surface area (Å²) in [7, 11) is 5.30. The van der Waals surface area contributed by atoms with Crippen molar-refractivity contribution in [3.8, 4) is 0 Å². The van der Waals surface area contributed by atoms with Crippen molar-refractivity contribution in [2.45, 2.75) is 62.9 Å². The number of aliphatic hydroxyl groups excluding tert-OH is 2. The Morgan fingerprint density at radius 2 is 2.03 bits per heavy atom. The van der Waals surface area contributed by atoms with E-state index >= 15 is 0 Å². The van der Waals surface area contributed by atoms with E-state index in [1.165, 1.54) is 0 Å².